The first kappa shape index (κ1) is 20.7. The molecule has 0 saturated carbocycles. The average molecular weight is 412 g/mol. The highest BCUT2D eigenvalue weighted by Crippen LogP contribution is 2.38. The summed E-state index contributed by atoms with van der Waals surface area (Å²) in [5, 5.41) is 0. The van der Waals surface area contributed by atoms with Gasteiger partial charge in [-0.25, -0.2) is 8.42 Å². The van der Waals surface area contributed by atoms with E-state index in [0.717, 1.165) is 11.1 Å². The van der Waals surface area contributed by atoms with Crippen molar-refractivity contribution in [2.24, 2.45) is 0 Å². The number of nitrogens with zero attached hydrogens (tertiary/aromatic N) is 1. The van der Waals surface area contributed by atoms with Gasteiger partial charge in [-0.3, -0.25) is 4.31 Å². The Morgan fingerprint density at radius 2 is 1.38 bits per heavy atom. The molecule has 0 fully saturated rings. The van der Waals surface area contributed by atoms with Crippen LogP contribution in [0, 0.1) is 6.92 Å². The Morgan fingerprint density at radius 3 is 1.93 bits per heavy atom. The van der Waals surface area contributed by atoms with Gasteiger partial charge in [0.25, 0.3) is 10.0 Å². The number of sulfonamides is 1. The summed E-state index contributed by atoms with van der Waals surface area (Å²) in [5.74, 6) is 1.04. The first-order valence-corrected chi connectivity index (χ1v) is 10.7. The van der Waals surface area contributed by atoms with E-state index < -0.39 is 16.1 Å². The molecule has 0 aliphatic heterocycles. The molecule has 0 amide bonds. The molecule has 152 valence electrons. The van der Waals surface area contributed by atoms with Crippen molar-refractivity contribution in [1.29, 1.82) is 0 Å². The van der Waals surface area contributed by atoms with Crippen LogP contribution in [0.15, 0.2) is 77.7 Å². The molecule has 1 unspecified atom stereocenters. The van der Waals surface area contributed by atoms with Gasteiger partial charge in [0.15, 0.2) is 0 Å². The van der Waals surface area contributed by atoms with Crippen molar-refractivity contribution in [3.63, 3.8) is 0 Å². The van der Waals surface area contributed by atoms with Crippen molar-refractivity contribution in [3.8, 4) is 11.5 Å². The van der Waals surface area contributed by atoms with E-state index in [1.807, 2.05) is 38.1 Å². The molecule has 1 atom stereocenters. The molecular weight excluding hydrogens is 386 g/mol. The molecule has 0 aromatic heterocycles. The SMILES string of the molecule is COc1cc(OC)cc(N(C(C)c2ccccc2C)S(=O)(=O)c2ccccc2)c1. The van der Waals surface area contributed by atoms with Crippen molar-refractivity contribution < 1.29 is 17.9 Å². The Morgan fingerprint density at radius 1 is 0.828 bits per heavy atom. The summed E-state index contributed by atoms with van der Waals surface area (Å²) < 4.78 is 39.6. The van der Waals surface area contributed by atoms with Crippen LogP contribution in [-0.4, -0.2) is 22.6 Å². The number of benzene rings is 3. The third kappa shape index (κ3) is 4.22. The van der Waals surface area contributed by atoms with Gasteiger partial charge in [0.05, 0.1) is 30.8 Å². The molecule has 0 bridgehead atoms. The summed E-state index contributed by atoms with van der Waals surface area (Å²) in [7, 11) is -0.764. The first-order valence-electron chi connectivity index (χ1n) is 9.26. The van der Waals surface area contributed by atoms with Crippen molar-refractivity contribution in [2.75, 3.05) is 18.5 Å². The van der Waals surface area contributed by atoms with E-state index in [1.165, 1.54) is 4.31 Å². The number of hydrogen-bond acceptors (Lipinski definition) is 4. The minimum absolute atomic E-state index is 0.224. The summed E-state index contributed by atoms with van der Waals surface area (Å²) in [6, 6.07) is 20.9. The third-order valence-electron chi connectivity index (χ3n) is 4.88. The normalized spacial score (nSPS) is 12.3. The quantitative estimate of drug-likeness (QED) is 0.551. The topological polar surface area (TPSA) is 55.8 Å². The van der Waals surface area contributed by atoms with E-state index in [4.69, 9.17) is 9.47 Å². The van der Waals surface area contributed by atoms with Crippen LogP contribution in [0.4, 0.5) is 5.69 Å². The Labute approximate surface area is 172 Å². The number of ether oxygens (including phenoxy) is 2. The van der Waals surface area contributed by atoms with Gasteiger partial charge in [-0.1, -0.05) is 42.5 Å². The number of methoxy groups -OCH3 is 2. The highest BCUT2D eigenvalue weighted by atomic mass is 32.2. The Kier molecular flexibility index (Phi) is 6.13. The number of rotatable bonds is 7. The number of aryl methyl sites for hydroxylation is 1. The molecule has 3 rings (SSSR count). The van der Waals surface area contributed by atoms with Crippen LogP contribution in [0.25, 0.3) is 0 Å². The molecule has 0 N–H and O–H groups in total. The molecule has 0 aliphatic carbocycles. The predicted molar refractivity (Wildman–Crippen MR) is 115 cm³/mol. The van der Waals surface area contributed by atoms with E-state index in [2.05, 4.69) is 0 Å². The molecule has 5 nitrogen and oxygen atoms in total. The molecular formula is C23H25NO4S. The summed E-state index contributed by atoms with van der Waals surface area (Å²) >= 11 is 0. The largest absolute Gasteiger partial charge is 0.497 e. The van der Waals surface area contributed by atoms with E-state index >= 15 is 0 Å². The van der Waals surface area contributed by atoms with E-state index in [9.17, 15) is 8.42 Å². The fourth-order valence-electron chi connectivity index (χ4n) is 3.38. The van der Waals surface area contributed by atoms with Crippen LogP contribution in [0.1, 0.15) is 24.1 Å². The van der Waals surface area contributed by atoms with Crippen LogP contribution >= 0.6 is 0 Å². The van der Waals surface area contributed by atoms with Crippen molar-refractivity contribution in [1.82, 2.24) is 0 Å². The maximum atomic E-state index is 13.7. The minimum atomic E-state index is -3.85. The first-order chi connectivity index (χ1) is 13.9. The summed E-state index contributed by atoms with van der Waals surface area (Å²) in [4.78, 5) is 0.224. The smallest absolute Gasteiger partial charge is 0.264 e. The van der Waals surface area contributed by atoms with Gasteiger partial charge in [0, 0.05) is 18.2 Å². The second kappa shape index (κ2) is 8.57. The fraction of sp³-hybridized carbons (Fsp3) is 0.217. The molecule has 3 aromatic rings. The molecule has 0 heterocycles. The van der Waals surface area contributed by atoms with Crippen LogP contribution in [0.5, 0.6) is 11.5 Å². The Hall–Kier alpha value is -2.99. The minimum Gasteiger partial charge on any atom is -0.497 e. The van der Waals surface area contributed by atoms with Crippen molar-refractivity contribution in [3.05, 3.63) is 83.9 Å². The summed E-state index contributed by atoms with van der Waals surface area (Å²) in [6.45, 7) is 3.86. The second-order valence-electron chi connectivity index (χ2n) is 6.72. The van der Waals surface area contributed by atoms with Gasteiger partial charge in [-0.15, -0.1) is 0 Å². The lowest BCUT2D eigenvalue weighted by Crippen LogP contribution is -2.34. The van der Waals surface area contributed by atoms with Gasteiger partial charge >= 0.3 is 0 Å². The molecule has 6 heteroatoms. The van der Waals surface area contributed by atoms with Gasteiger partial charge in [0.1, 0.15) is 11.5 Å². The van der Waals surface area contributed by atoms with Crippen molar-refractivity contribution in [2.45, 2.75) is 24.8 Å². The van der Waals surface area contributed by atoms with Gasteiger partial charge in [-0.05, 0) is 37.1 Å². The van der Waals surface area contributed by atoms with E-state index in [-0.39, 0.29) is 4.90 Å². The highest BCUT2D eigenvalue weighted by molar-refractivity contribution is 7.92. The van der Waals surface area contributed by atoms with Crippen LogP contribution in [-0.2, 0) is 10.0 Å². The Bertz CT molecular complexity index is 1060. The number of anilines is 1. The lowest BCUT2D eigenvalue weighted by Gasteiger charge is -2.32. The van der Waals surface area contributed by atoms with E-state index in [0.29, 0.717) is 17.2 Å². The maximum absolute atomic E-state index is 13.7. The summed E-state index contributed by atoms with van der Waals surface area (Å²) in [6.07, 6.45) is 0. The molecule has 0 aliphatic rings. The van der Waals surface area contributed by atoms with Crippen molar-refractivity contribution >= 4 is 15.7 Å². The molecule has 0 radical (unpaired) electrons. The zero-order valence-electron chi connectivity index (χ0n) is 17.0. The van der Waals surface area contributed by atoms with Crippen LogP contribution in [0.3, 0.4) is 0 Å². The zero-order valence-corrected chi connectivity index (χ0v) is 17.8. The average Bonchev–Trinajstić information content (AvgIpc) is 2.74. The van der Waals surface area contributed by atoms with E-state index in [1.54, 1.807) is 62.8 Å². The lowest BCUT2D eigenvalue weighted by molar-refractivity contribution is 0.394. The highest BCUT2D eigenvalue weighted by Gasteiger charge is 2.31. The molecule has 0 spiro atoms. The van der Waals surface area contributed by atoms with Gasteiger partial charge < -0.3 is 9.47 Å². The molecule has 3 aromatic carbocycles. The monoisotopic (exact) mass is 411 g/mol. The maximum Gasteiger partial charge on any atom is 0.264 e. The van der Waals surface area contributed by atoms with Gasteiger partial charge in [0.2, 0.25) is 0 Å². The zero-order chi connectivity index (χ0) is 21.0. The van der Waals surface area contributed by atoms with Gasteiger partial charge in [-0.2, -0.15) is 0 Å². The fourth-order valence-corrected chi connectivity index (χ4v) is 5.02. The second-order valence-corrected chi connectivity index (χ2v) is 8.53. The number of hydrogen-bond donors (Lipinski definition) is 0. The van der Waals surface area contributed by atoms with Crippen LogP contribution < -0.4 is 13.8 Å². The third-order valence-corrected chi connectivity index (χ3v) is 6.79. The molecule has 29 heavy (non-hydrogen) atoms. The standard InChI is InChI=1S/C23H25NO4S/c1-17-10-8-9-13-23(17)18(2)24(29(25,26)22-11-6-5-7-12-22)19-14-20(27-3)16-21(15-19)28-4/h5-16,18H,1-4H3. The van der Waals surface area contributed by atoms with Crippen LogP contribution in [0.2, 0.25) is 0 Å². The summed E-state index contributed by atoms with van der Waals surface area (Å²) in [5.41, 5.74) is 2.41. The molecule has 0 saturated heterocycles. The lowest BCUT2D eigenvalue weighted by atomic mass is 10.0. The Balaban J connectivity index is 2.24. The predicted octanol–water partition coefficient (Wildman–Crippen LogP) is 4.97.